The maximum Gasteiger partial charge on any atom is 0.133 e. The quantitative estimate of drug-likeness (QED) is 0.826. The third-order valence-electron chi connectivity index (χ3n) is 3.37. The fourth-order valence-electron chi connectivity index (χ4n) is 2.12. The lowest BCUT2D eigenvalue weighted by Gasteiger charge is -2.38. The van der Waals surface area contributed by atoms with E-state index in [0.29, 0.717) is 6.04 Å². The molecule has 1 aliphatic rings. The van der Waals surface area contributed by atoms with Crippen LogP contribution in [0.2, 0.25) is 0 Å². The first-order valence-electron chi connectivity index (χ1n) is 5.80. The van der Waals surface area contributed by atoms with E-state index in [9.17, 15) is 0 Å². The molecule has 0 bridgehead atoms. The van der Waals surface area contributed by atoms with Crippen molar-refractivity contribution < 1.29 is 4.52 Å². The molecule has 15 heavy (non-hydrogen) atoms. The Hall–Kier alpha value is -0.830. The SMILES string of the molecule is Cc1cc(CNC2CC(C(C)C)C2)no1. The van der Waals surface area contributed by atoms with Gasteiger partial charge in [-0.1, -0.05) is 19.0 Å². The summed E-state index contributed by atoms with van der Waals surface area (Å²) in [5.74, 6) is 2.64. The highest BCUT2D eigenvalue weighted by molar-refractivity contribution is 5.03. The fourth-order valence-corrected chi connectivity index (χ4v) is 2.12. The number of hydrogen-bond acceptors (Lipinski definition) is 3. The number of aromatic nitrogens is 1. The molecular formula is C12H20N2O. The molecule has 0 atom stereocenters. The molecule has 3 heteroatoms. The molecule has 0 aliphatic heterocycles. The predicted molar refractivity (Wildman–Crippen MR) is 59.4 cm³/mol. The first-order valence-corrected chi connectivity index (χ1v) is 5.80. The van der Waals surface area contributed by atoms with Gasteiger partial charge in [0.1, 0.15) is 5.76 Å². The molecule has 1 fully saturated rings. The summed E-state index contributed by atoms with van der Waals surface area (Å²) in [5, 5.41) is 7.47. The van der Waals surface area contributed by atoms with Crippen molar-refractivity contribution in [3.05, 3.63) is 17.5 Å². The van der Waals surface area contributed by atoms with Gasteiger partial charge >= 0.3 is 0 Å². The molecule has 3 nitrogen and oxygen atoms in total. The van der Waals surface area contributed by atoms with Crippen LogP contribution in [0.5, 0.6) is 0 Å². The highest BCUT2D eigenvalue weighted by Crippen LogP contribution is 2.33. The molecular weight excluding hydrogens is 188 g/mol. The average Bonchev–Trinajstić information content (AvgIpc) is 2.48. The van der Waals surface area contributed by atoms with Crippen molar-refractivity contribution in [2.75, 3.05) is 0 Å². The Kier molecular flexibility index (Phi) is 3.10. The van der Waals surface area contributed by atoms with Gasteiger partial charge in [-0.2, -0.15) is 0 Å². The molecule has 1 aromatic rings. The van der Waals surface area contributed by atoms with Gasteiger partial charge in [-0.3, -0.25) is 0 Å². The van der Waals surface area contributed by atoms with Gasteiger partial charge < -0.3 is 9.84 Å². The summed E-state index contributed by atoms with van der Waals surface area (Å²) in [6.45, 7) is 7.38. The van der Waals surface area contributed by atoms with Crippen LogP contribution in [0.1, 0.15) is 38.1 Å². The Balaban J connectivity index is 1.68. The van der Waals surface area contributed by atoms with Crippen LogP contribution >= 0.6 is 0 Å². The number of aryl methyl sites for hydroxylation is 1. The molecule has 2 rings (SSSR count). The van der Waals surface area contributed by atoms with Crippen LogP contribution in [0.15, 0.2) is 10.6 Å². The Bertz CT molecular complexity index is 313. The lowest BCUT2D eigenvalue weighted by Crippen LogP contribution is -2.42. The molecule has 1 saturated carbocycles. The lowest BCUT2D eigenvalue weighted by molar-refractivity contribution is 0.167. The summed E-state index contributed by atoms with van der Waals surface area (Å²) >= 11 is 0. The first kappa shape index (κ1) is 10.7. The van der Waals surface area contributed by atoms with E-state index in [1.54, 1.807) is 0 Å². The van der Waals surface area contributed by atoms with Gasteiger partial charge in [-0.15, -0.1) is 0 Å². The molecule has 1 aromatic heterocycles. The Labute approximate surface area is 91.2 Å². The predicted octanol–water partition coefficient (Wildman–Crippen LogP) is 2.51. The van der Waals surface area contributed by atoms with Crippen LogP contribution in [0, 0.1) is 18.8 Å². The highest BCUT2D eigenvalue weighted by Gasteiger charge is 2.30. The van der Waals surface area contributed by atoms with Crippen LogP contribution in [-0.2, 0) is 6.54 Å². The monoisotopic (exact) mass is 208 g/mol. The van der Waals surface area contributed by atoms with Gasteiger partial charge in [0.15, 0.2) is 0 Å². The van der Waals surface area contributed by atoms with Gasteiger partial charge in [0, 0.05) is 18.7 Å². The van der Waals surface area contributed by atoms with E-state index < -0.39 is 0 Å². The fraction of sp³-hybridized carbons (Fsp3) is 0.750. The highest BCUT2D eigenvalue weighted by atomic mass is 16.5. The number of nitrogens with one attached hydrogen (secondary N) is 1. The number of nitrogens with zero attached hydrogens (tertiary/aromatic N) is 1. The minimum absolute atomic E-state index is 0.689. The minimum Gasteiger partial charge on any atom is -0.361 e. The zero-order chi connectivity index (χ0) is 10.8. The summed E-state index contributed by atoms with van der Waals surface area (Å²) in [5.41, 5.74) is 1.01. The van der Waals surface area contributed by atoms with Gasteiger partial charge in [0.2, 0.25) is 0 Å². The Morgan fingerprint density at radius 3 is 2.80 bits per heavy atom. The van der Waals surface area contributed by atoms with Crippen LogP contribution < -0.4 is 5.32 Å². The van der Waals surface area contributed by atoms with E-state index in [-0.39, 0.29) is 0 Å². The van der Waals surface area contributed by atoms with Crippen molar-refractivity contribution >= 4 is 0 Å². The Morgan fingerprint density at radius 2 is 2.27 bits per heavy atom. The van der Waals surface area contributed by atoms with Crippen molar-refractivity contribution in [3.63, 3.8) is 0 Å². The van der Waals surface area contributed by atoms with Gasteiger partial charge in [0.05, 0.1) is 5.69 Å². The molecule has 1 heterocycles. The summed E-state index contributed by atoms with van der Waals surface area (Å²) in [6, 6.07) is 2.68. The second-order valence-corrected chi connectivity index (χ2v) is 4.98. The maximum atomic E-state index is 5.02. The molecule has 0 aromatic carbocycles. The van der Waals surface area contributed by atoms with Crippen molar-refractivity contribution in [2.24, 2.45) is 11.8 Å². The zero-order valence-corrected chi connectivity index (χ0v) is 9.79. The molecule has 0 unspecified atom stereocenters. The van der Waals surface area contributed by atoms with E-state index in [0.717, 1.165) is 29.8 Å². The number of hydrogen-bond donors (Lipinski definition) is 1. The smallest absolute Gasteiger partial charge is 0.133 e. The minimum atomic E-state index is 0.689. The standard InChI is InChI=1S/C12H20N2O/c1-8(2)10-5-11(6-10)13-7-12-4-9(3)15-14-12/h4,8,10-11,13H,5-7H2,1-3H3. The van der Waals surface area contributed by atoms with Crippen LogP contribution in [0.25, 0.3) is 0 Å². The zero-order valence-electron chi connectivity index (χ0n) is 9.79. The van der Waals surface area contributed by atoms with Crippen molar-refractivity contribution in [1.82, 2.24) is 10.5 Å². The summed E-state index contributed by atoms with van der Waals surface area (Å²) in [7, 11) is 0. The molecule has 0 radical (unpaired) electrons. The maximum absolute atomic E-state index is 5.02. The van der Waals surface area contributed by atoms with E-state index in [1.165, 1.54) is 12.8 Å². The molecule has 1 aliphatic carbocycles. The number of rotatable bonds is 4. The summed E-state index contributed by atoms with van der Waals surface area (Å²) < 4.78 is 5.02. The van der Waals surface area contributed by atoms with E-state index in [4.69, 9.17) is 4.52 Å². The van der Waals surface area contributed by atoms with E-state index >= 15 is 0 Å². The normalized spacial score (nSPS) is 25.6. The van der Waals surface area contributed by atoms with Crippen LogP contribution in [0.4, 0.5) is 0 Å². The average molecular weight is 208 g/mol. The Morgan fingerprint density at radius 1 is 1.53 bits per heavy atom. The molecule has 0 spiro atoms. The molecule has 1 N–H and O–H groups in total. The third-order valence-corrected chi connectivity index (χ3v) is 3.37. The lowest BCUT2D eigenvalue weighted by atomic mass is 9.74. The van der Waals surface area contributed by atoms with Crippen molar-refractivity contribution in [1.29, 1.82) is 0 Å². The van der Waals surface area contributed by atoms with Gasteiger partial charge in [0.25, 0.3) is 0 Å². The second kappa shape index (κ2) is 4.35. The molecule has 84 valence electrons. The largest absolute Gasteiger partial charge is 0.361 e. The van der Waals surface area contributed by atoms with E-state index in [2.05, 4.69) is 24.3 Å². The van der Waals surface area contributed by atoms with Gasteiger partial charge in [-0.25, -0.2) is 0 Å². The molecule has 0 amide bonds. The summed E-state index contributed by atoms with van der Waals surface area (Å²) in [6.07, 6.45) is 2.63. The van der Waals surface area contributed by atoms with Crippen LogP contribution in [-0.4, -0.2) is 11.2 Å². The third kappa shape index (κ3) is 2.59. The molecule has 0 saturated heterocycles. The summed E-state index contributed by atoms with van der Waals surface area (Å²) in [4.78, 5) is 0. The van der Waals surface area contributed by atoms with Crippen molar-refractivity contribution in [3.8, 4) is 0 Å². The second-order valence-electron chi connectivity index (χ2n) is 4.98. The topological polar surface area (TPSA) is 38.1 Å². The van der Waals surface area contributed by atoms with Crippen molar-refractivity contribution in [2.45, 2.75) is 46.2 Å². The van der Waals surface area contributed by atoms with Crippen LogP contribution in [0.3, 0.4) is 0 Å². The first-order chi connectivity index (χ1) is 7.15. The van der Waals surface area contributed by atoms with Gasteiger partial charge in [-0.05, 0) is 31.6 Å². The van der Waals surface area contributed by atoms with E-state index in [1.807, 2.05) is 13.0 Å².